The molecule has 0 aliphatic carbocycles. The minimum Gasteiger partial charge on any atom is -0.396 e. The fraction of sp³-hybridized carbons (Fsp3) is 0.250. The number of nitriles is 1. The third-order valence-corrected chi connectivity index (χ3v) is 3.47. The Balaban J connectivity index is 2.39. The molecule has 1 heterocycles. The summed E-state index contributed by atoms with van der Waals surface area (Å²) in [5.41, 5.74) is 1.66. The van der Waals surface area contributed by atoms with Gasteiger partial charge in [-0.25, -0.2) is 4.98 Å². The van der Waals surface area contributed by atoms with E-state index in [1.54, 1.807) is 6.07 Å². The van der Waals surface area contributed by atoms with Gasteiger partial charge in [-0.05, 0) is 24.1 Å². The lowest BCUT2D eigenvalue weighted by atomic mass is 9.82. The molecule has 3 nitrogen and oxygen atoms in total. The van der Waals surface area contributed by atoms with Crippen molar-refractivity contribution in [2.75, 3.05) is 6.61 Å². The van der Waals surface area contributed by atoms with Gasteiger partial charge in [0.05, 0.1) is 12.0 Å². The van der Waals surface area contributed by atoms with Crippen LogP contribution in [-0.2, 0) is 0 Å². The van der Waals surface area contributed by atoms with E-state index in [1.807, 2.05) is 42.5 Å². The van der Waals surface area contributed by atoms with Gasteiger partial charge in [0.25, 0.3) is 0 Å². The summed E-state index contributed by atoms with van der Waals surface area (Å²) in [5.74, 6) is -0.527. The summed E-state index contributed by atoms with van der Waals surface area (Å²) in [6.45, 7) is 0.00384. The van der Waals surface area contributed by atoms with Gasteiger partial charge in [0.1, 0.15) is 5.15 Å². The number of aliphatic hydroxyl groups is 1. The molecule has 0 saturated carbocycles. The zero-order chi connectivity index (χ0) is 14.4. The topological polar surface area (TPSA) is 56.9 Å². The molecule has 2 aromatic rings. The van der Waals surface area contributed by atoms with Crippen LogP contribution in [0.3, 0.4) is 0 Å². The van der Waals surface area contributed by atoms with E-state index in [-0.39, 0.29) is 18.4 Å². The summed E-state index contributed by atoms with van der Waals surface area (Å²) < 4.78 is 0. The Morgan fingerprint density at radius 2 is 1.90 bits per heavy atom. The summed E-state index contributed by atoms with van der Waals surface area (Å²) in [4.78, 5) is 4.29. The van der Waals surface area contributed by atoms with Crippen LogP contribution in [-0.4, -0.2) is 16.7 Å². The first-order chi connectivity index (χ1) is 9.76. The van der Waals surface area contributed by atoms with Crippen molar-refractivity contribution < 1.29 is 5.11 Å². The molecular weight excluding hydrogens is 272 g/mol. The van der Waals surface area contributed by atoms with Crippen molar-refractivity contribution in [3.63, 3.8) is 0 Å². The molecule has 20 heavy (non-hydrogen) atoms. The van der Waals surface area contributed by atoms with Gasteiger partial charge in [-0.1, -0.05) is 48.0 Å². The molecule has 2 atom stereocenters. The molecule has 0 radical (unpaired) electrons. The first-order valence-corrected chi connectivity index (χ1v) is 6.82. The summed E-state index contributed by atoms with van der Waals surface area (Å²) in [6.07, 6.45) is 0.473. The van der Waals surface area contributed by atoms with E-state index in [0.29, 0.717) is 11.6 Å². The van der Waals surface area contributed by atoms with Crippen molar-refractivity contribution in [2.24, 2.45) is 0 Å². The van der Waals surface area contributed by atoms with Gasteiger partial charge in [0.15, 0.2) is 0 Å². The maximum Gasteiger partial charge on any atom is 0.129 e. The molecule has 4 heteroatoms. The first-order valence-electron chi connectivity index (χ1n) is 6.44. The number of aliphatic hydroxyl groups excluding tert-OH is 1. The van der Waals surface area contributed by atoms with Crippen LogP contribution in [0, 0.1) is 11.3 Å². The Labute approximate surface area is 123 Å². The maximum atomic E-state index is 9.51. The number of pyridine rings is 1. The van der Waals surface area contributed by atoms with Gasteiger partial charge < -0.3 is 5.11 Å². The van der Waals surface area contributed by atoms with Crippen molar-refractivity contribution in [3.8, 4) is 6.07 Å². The third kappa shape index (κ3) is 3.36. The molecule has 0 spiro atoms. The van der Waals surface area contributed by atoms with E-state index in [0.717, 1.165) is 11.3 Å². The van der Waals surface area contributed by atoms with Crippen LogP contribution >= 0.6 is 11.6 Å². The molecular formula is C16H15ClN2O. The summed E-state index contributed by atoms with van der Waals surface area (Å²) >= 11 is 5.93. The molecule has 1 aromatic heterocycles. The van der Waals surface area contributed by atoms with Crippen molar-refractivity contribution in [3.05, 3.63) is 64.9 Å². The zero-order valence-electron chi connectivity index (χ0n) is 10.9. The molecule has 2 rings (SSSR count). The average Bonchev–Trinajstić information content (AvgIpc) is 2.48. The van der Waals surface area contributed by atoms with Crippen LogP contribution in [0.15, 0.2) is 48.5 Å². The van der Waals surface area contributed by atoms with E-state index in [4.69, 9.17) is 11.6 Å². The normalized spacial score (nSPS) is 13.4. The lowest BCUT2D eigenvalue weighted by Crippen LogP contribution is -2.13. The highest BCUT2D eigenvalue weighted by molar-refractivity contribution is 6.29. The highest BCUT2D eigenvalue weighted by Crippen LogP contribution is 2.34. The fourth-order valence-electron chi connectivity index (χ4n) is 2.31. The Hall–Kier alpha value is -1.89. The number of halogens is 1. The SMILES string of the molecule is N#C[C@@H](c1ccccc1)[C@H](CCO)c1cccc(Cl)n1. The highest BCUT2D eigenvalue weighted by atomic mass is 35.5. The molecule has 0 fully saturated rings. The Morgan fingerprint density at radius 1 is 1.15 bits per heavy atom. The lowest BCUT2D eigenvalue weighted by molar-refractivity contribution is 0.271. The smallest absolute Gasteiger partial charge is 0.129 e. The van der Waals surface area contributed by atoms with E-state index >= 15 is 0 Å². The second-order valence-corrected chi connectivity index (χ2v) is 4.91. The minimum atomic E-state index is -0.352. The molecule has 0 aliphatic heterocycles. The van der Waals surface area contributed by atoms with E-state index in [9.17, 15) is 10.4 Å². The van der Waals surface area contributed by atoms with Crippen LogP contribution in [0.4, 0.5) is 0 Å². The molecule has 1 aromatic carbocycles. The molecule has 102 valence electrons. The number of rotatable bonds is 5. The Morgan fingerprint density at radius 3 is 2.50 bits per heavy atom. The first kappa shape index (κ1) is 14.5. The summed E-state index contributed by atoms with van der Waals surface area (Å²) in [6, 6.07) is 17.2. The second-order valence-electron chi connectivity index (χ2n) is 4.52. The van der Waals surface area contributed by atoms with Crippen molar-refractivity contribution in [2.45, 2.75) is 18.3 Å². The van der Waals surface area contributed by atoms with Gasteiger partial charge in [0, 0.05) is 18.2 Å². The van der Waals surface area contributed by atoms with E-state index in [2.05, 4.69) is 11.1 Å². The largest absolute Gasteiger partial charge is 0.396 e. The standard InChI is InChI=1S/C16H15ClN2O/c17-16-8-4-7-15(19-16)13(9-10-20)14(11-18)12-5-2-1-3-6-12/h1-8,13-14,20H,9-10H2/t13-,14-/m0/s1. The van der Waals surface area contributed by atoms with Crippen LogP contribution < -0.4 is 0 Å². The Bertz CT molecular complexity index is 595. The highest BCUT2D eigenvalue weighted by Gasteiger charge is 2.25. The minimum absolute atomic E-state index is 0.00384. The second kappa shape index (κ2) is 7.04. The van der Waals surface area contributed by atoms with Crippen molar-refractivity contribution in [1.29, 1.82) is 5.26 Å². The number of hydrogen-bond donors (Lipinski definition) is 1. The van der Waals surface area contributed by atoms with Gasteiger partial charge in [-0.15, -0.1) is 0 Å². The van der Waals surface area contributed by atoms with Gasteiger partial charge in [-0.2, -0.15) is 5.26 Å². The molecule has 0 aliphatic rings. The Kier molecular flexibility index (Phi) is 5.11. The van der Waals surface area contributed by atoms with Crippen LogP contribution in [0.2, 0.25) is 5.15 Å². The molecule has 1 N–H and O–H groups in total. The van der Waals surface area contributed by atoms with Crippen LogP contribution in [0.25, 0.3) is 0 Å². The predicted molar refractivity (Wildman–Crippen MR) is 78.5 cm³/mol. The maximum absolute atomic E-state index is 9.51. The van der Waals surface area contributed by atoms with Crippen LogP contribution in [0.5, 0.6) is 0 Å². The zero-order valence-corrected chi connectivity index (χ0v) is 11.7. The number of nitrogens with zero attached hydrogens (tertiary/aromatic N) is 2. The quantitative estimate of drug-likeness (QED) is 0.856. The predicted octanol–water partition coefficient (Wildman–Crippen LogP) is 3.51. The monoisotopic (exact) mass is 286 g/mol. The van der Waals surface area contributed by atoms with E-state index in [1.165, 1.54) is 0 Å². The van der Waals surface area contributed by atoms with Gasteiger partial charge in [0.2, 0.25) is 0 Å². The summed E-state index contributed by atoms with van der Waals surface area (Å²) in [7, 11) is 0. The molecule has 0 unspecified atom stereocenters. The number of aromatic nitrogens is 1. The molecule has 0 bridgehead atoms. The molecule has 0 amide bonds. The molecule has 0 saturated heterocycles. The fourth-order valence-corrected chi connectivity index (χ4v) is 2.48. The van der Waals surface area contributed by atoms with Crippen LogP contribution in [0.1, 0.15) is 29.5 Å². The average molecular weight is 287 g/mol. The number of hydrogen-bond acceptors (Lipinski definition) is 3. The van der Waals surface area contributed by atoms with Gasteiger partial charge in [-0.3, -0.25) is 0 Å². The van der Waals surface area contributed by atoms with Gasteiger partial charge >= 0.3 is 0 Å². The summed E-state index contributed by atoms with van der Waals surface area (Å²) in [5, 5.41) is 19.2. The van der Waals surface area contributed by atoms with Crippen molar-refractivity contribution >= 4 is 11.6 Å². The van der Waals surface area contributed by atoms with Crippen molar-refractivity contribution in [1.82, 2.24) is 4.98 Å². The third-order valence-electron chi connectivity index (χ3n) is 3.26. The van der Waals surface area contributed by atoms with E-state index < -0.39 is 0 Å². The number of benzene rings is 1. The lowest BCUT2D eigenvalue weighted by Gasteiger charge is -2.21.